The second kappa shape index (κ2) is 6.84. The lowest BCUT2D eigenvalue weighted by Crippen LogP contribution is -2.50. The fourth-order valence-electron chi connectivity index (χ4n) is 3.39. The quantitative estimate of drug-likeness (QED) is 0.841. The summed E-state index contributed by atoms with van der Waals surface area (Å²) >= 11 is 0. The summed E-state index contributed by atoms with van der Waals surface area (Å²) < 4.78 is 18.5. The van der Waals surface area contributed by atoms with Crippen LogP contribution in [-0.2, 0) is 0 Å². The second-order valence-corrected chi connectivity index (χ2v) is 6.38. The standard InChI is InChI=1S/C17H24FN3O2/c1-19-7-9-20(10-8-19)14-5-6-21(12-14)17(22)13-3-4-15(18)16(11-13)23-2/h3-4,11,14H,5-10,12H2,1-2H3/t14-/m1/s1. The molecule has 126 valence electrons. The molecule has 1 aromatic rings. The number of nitrogens with zero attached hydrogens (tertiary/aromatic N) is 3. The Morgan fingerprint density at radius 2 is 1.96 bits per heavy atom. The van der Waals surface area contributed by atoms with Gasteiger partial charge in [0.2, 0.25) is 0 Å². The van der Waals surface area contributed by atoms with Gasteiger partial charge in [-0.25, -0.2) is 4.39 Å². The molecule has 2 aliphatic heterocycles. The molecule has 2 heterocycles. The van der Waals surface area contributed by atoms with Crippen LogP contribution in [0.2, 0.25) is 0 Å². The van der Waals surface area contributed by atoms with Crippen molar-refractivity contribution in [1.82, 2.24) is 14.7 Å². The minimum Gasteiger partial charge on any atom is -0.494 e. The monoisotopic (exact) mass is 321 g/mol. The van der Waals surface area contributed by atoms with E-state index in [2.05, 4.69) is 16.8 Å². The Kier molecular flexibility index (Phi) is 4.82. The van der Waals surface area contributed by atoms with Crippen molar-refractivity contribution in [2.75, 3.05) is 53.4 Å². The first kappa shape index (κ1) is 16.2. The molecule has 0 aliphatic carbocycles. The van der Waals surface area contributed by atoms with Crippen molar-refractivity contribution in [3.8, 4) is 5.75 Å². The van der Waals surface area contributed by atoms with Crippen molar-refractivity contribution in [1.29, 1.82) is 0 Å². The van der Waals surface area contributed by atoms with Gasteiger partial charge in [-0.3, -0.25) is 9.69 Å². The van der Waals surface area contributed by atoms with E-state index in [0.29, 0.717) is 11.6 Å². The highest BCUT2D eigenvalue weighted by molar-refractivity contribution is 5.94. The highest BCUT2D eigenvalue weighted by atomic mass is 19.1. The molecule has 2 aliphatic rings. The molecule has 0 saturated carbocycles. The van der Waals surface area contributed by atoms with Gasteiger partial charge < -0.3 is 14.5 Å². The van der Waals surface area contributed by atoms with E-state index in [1.807, 2.05) is 4.90 Å². The van der Waals surface area contributed by atoms with E-state index in [4.69, 9.17) is 4.74 Å². The van der Waals surface area contributed by atoms with Gasteiger partial charge in [-0.15, -0.1) is 0 Å². The average molecular weight is 321 g/mol. The van der Waals surface area contributed by atoms with Crippen LogP contribution in [0.15, 0.2) is 18.2 Å². The lowest BCUT2D eigenvalue weighted by Gasteiger charge is -2.36. The summed E-state index contributed by atoms with van der Waals surface area (Å²) in [7, 11) is 3.55. The van der Waals surface area contributed by atoms with Crippen LogP contribution < -0.4 is 4.74 Å². The third-order valence-electron chi connectivity index (χ3n) is 4.90. The number of rotatable bonds is 3. The third kappa shape index (κ3) is 3.48. The molecule has 1 amide bonds. The minimum atomic E-state index is -0.444. The van der Waals surface area contributed by atoms with Crippen LogP contribution in [0, 0.1) is 5.82 Å². The maximum absolute atomic E-state index is 13.5. The number of carbonyl (C=O) groups excluding carboxylic acids is 1. The summed E-state index contributed by atoms with van der Waals surface area (Å²) in [5.41, 5.74) is 0.488. The third-order valence-corrected chi connectivity index (χ3v) is 4.90. The topological polar surface area (TPSA) is 36.0 Å². The number of methoxy groups -OCH3 is 1. The van der Waals surface area contributed by atoms with Crippen LogP contribution >= 0.6 is 0 Å². The number of hydrogen-bond acceptors (Lipinski definition) is 4. The number of amides is 1. The summed E-state index contributed by atoms with van der Waals surface area (Å²) in [6.07, 6.45) is 1.01. The molecule has 1 aromatic carbocycles. The van der Waals surface area contributed by atoms with E-state index in [1.54, 1.807) is 0 Å². The first-order valence-electron chi connectivity index (χ1n) is 8.14. The number of piperazine rings is 1. The zero-order valence-electron chi connectivity index (χ0n) is 13.8. The van der Waals surface area contributed by atoms with Gasteiger partial charge in [-0.1, -0.05) is 0 Å². The first-order valence-corrected chi connectivity index (χ1v) is 8.14. The van der Waals surface area contributed by atoms with E-state index >= 15 is 0 Å². The van der Waals surface area contributed by atoms with E-state index in [1.165, 1.54) is 25.3 Å². The fraction of sp³-hybridized carbons (Fsp3) is 0.588. The van der Waals surface area contributed by atoms with Crippen molar-refractivity contribution in [3.63, 3.8) is 0 Å². The van der Waals surface area contributed by atoms with Gasteiger partial charge in [0.05, 0.1) is 7.11 Å². The molecule has 0 spiro atoms. The Labute approximate surface area is 136 Å². The summed E-state index contributed by atoms with van der Waals surface area (Å²) in [5, 5.41) is 0. The van der Waals surface area contributed by atoms with Crippen molar-refractivity contribution in [3.05, 3.63) is 29.6 Å². The Morgan fingerprint density at radius 1 is 1.22 bits per heavy atom. The van der Waals surface area contributed by atoms with Crippen molar-refractivity contribution in [2.24, 2.45) is 0 Å². The van der Waals surface area contributed by atoms with Gasteiger partial charge in [0.15, 0.2) is 11.6 Å². The Morgan fingerprint density at radius 3 is 2.65 bits per heavy atom. The Hall–Kier alpha value is -1.66. The normalized spacial score (nSPS) is 23.3. The molecule has 0 bridgehead atoms. The first-order chi connectivity index (χ1) is 11.1. The van der Waals surface area contributed by atoms with Gasteiger partial charge >= 0.3 is 0 Å². The number of ether oxygens (including phenoxy) is 1. The molecule has 2 fully saturated rings. The van der Waals surface area contributed by atoms with Crippen molar-refractivity contribution >= 4 is 5.91 Å². The van der Waals surface area contributed by atoms with E-state index < -0.39 is 5.82 Å². The van der Waals surface area contributed by atoms with E-state index in [9.17, 15) is 9.18 Å². The predicted octanol–water partition coefficient (Wildman–Crippen LogP) is 1.30. The Balaban J connectivity index is 1.63. The van der Waals surface area contributed by atoms with Gasteiger partial charge in [0, 0.05) is 50.9 Å². The van der Waals surface area contributed by atoms with Crippen LogP contribution in [0.1, 0.15) is 16.8 Å². The van der Waals surface area contributed by atoms with Gasteiger partial charge in [0.25, 0.3) is 5.91 Å². The molecule has 3 rings (SSSR count). The molecule has 5 nitrogen and oxygen atoms in total. The highest BCUT2D eigenvalue weighted by Crippen LogP contribution is 2.23. The number of likely N-dealkylation sites (N-methyl/N-ethyl adjacent to an activating group) is 1. The van der Waals surface area contributed by atoms with Crippen LogP contribution in [0.25, 0.3) is 0 Å². The van der Waals surface area contributed by atoms with Crippen LogP contribution in [-0.4, -0.2) is 80.1 Å². The molecular weight excluding hydrogens is 297 g/mol. The van der Waals surface area contributed by atoms with Gasteiger partial charge in [-0.2, -0.15) is 0 Å². The zero-order chi connectivity index (χ0) is 16.4. The second-order valence-electron chi connectivity index (χ2n) is 6.38. The summed E-state index contributed by atoms with van der Waals surface area (Å²) in [4.78, 5) is 19.3. The number of benzene rings is 1. The molecule has 0 aromatic heterocycles. The SMILES string of the molecule is COc1cc(C(=O)N2CC[C@@H](N3CCN(C)CC3)C2)ccc1F. The molecule has 0 unspecified atom stereocenters. The number of likely N-dealkylation sites (tertiary alicyclic amines) is 1. The summed E-state index contributed by atoms with van der Waals surface area (Å²) in [5.74, 6) is -0.369. The van der Waals surface area contributed by atoms with E-state index in [-0.39, 0.29) is 11.7 Å². The molecular formula is C17H24FN3O2. The van der Waals surface area contributed by atoms with E-state index in [0.717, 1.165) is 45.7 Å². The summed E-state index contributed by atoms with van der Waals surface area (Å²) in [6.45, 7) is 5.80. The largest absolute Gasteiger partial charge is 0.494 e. The molecule has 23 heavy (non-hydrogen) atoms. The summed E-state index contributed by atoms with van der Waals surface area (Å²) in [6, 6.07) is 4.75. The molecule has 0 N–H and O–H groups in total. The van der Waals surface area contributed by atoms with Crippen molar-refractivity contribution < 1.29 is 13.9 Å². The lowest BCUT2D eigenvalue weighted by molar-refractivity contribution is 0.0755. The predicted molar refractivity (Wildman–Crippen MR) is 86.3 cm³/mol. The van der Waals surface area contributed by atoms with Crippen molar-refractivity contribution in [2.45, 2.75) is 12.5 Å². The average Bonchev–Trinajstić information content (AvgIpc) is 3.05. The molecule has 6 heteroatoms. The molecule has 0 radical (unpaired) electrons. The maximum atomic E-state index is 13.5. The zero-order valence-corrected chi connectivity index (χ0v) is 13.8. The smallest absolute Gasteiger partial charge is 0.254 e. The number of halogens is 1. The molecule has 1 atom stereocenters. The Bertz CT molecular complexity index is 573. The fourth-order valence-corrected chi connectivity index (χ4v) is 3.39. The minimum absolute atomic E-state index is 0.0417. The number of hydrogen-bond donors (Lipinski definition) is 0. The van der Waals surface area contributed by atoms with Crippen LogP contribution in [0.4, 0.5) is 4.39 Å². The lowest BCUT2D eigenvalue weighted by atomic mass is 10.2. The van der Waals surface area contributed by atoms with Crippen LogP contribution in [0.3, 0.4) is 0 Å². The van der Waals surface area contributed by atoms with Gasteiger partial charge in [-0.05, 0) is 31.7 Å². The highest BCUT2D eigenvalue weighted by Gasteiger charge is 2.32. The number of carbonyl (C=O) groups is 1. The maximum Gasteiger partial charge on any atom is 0.254 e. The molecule has 2 saturated heterocycles. The van der Waals surface area contributed by atoms with Gasteiger partial charge in [0.1, 0.15) is 0 Å². The van der Waals surface area contributed by atoms with Crippen LogP contribution in [0.5, 0.6) is 5.75 Å².